The smallest absolute Gasteiger partial charge is 0.338 e. The second-order valence-corrected chi connectivity index (χ2v) is 6.10. The van der Waals surface area contributed by atoms with E-state index in [1.165, 1.54) is 6.26 Å². The van der Waals surface area contributed by atoms with Gasteiger partial charge in [0.1, 0.15) is 0 Å². The van der Waals surface area contributed by atoms with E-state index in [1.54, 1.807) is 41.3 Å². The van der Waals surface area contributed by atoms with Gasteiger partial charge in [0.05, 0.1) is 11.8 Å². The van der Waals surface area contributed by atoms with Gasteiger partial charge >= 0.3 is 5.97 Å². The molecule has 0 aliphatic carbocycles. The molecule has 3 aromatic rings. The molecule has 138 valence electrons. The van der Waals surface area contributed by atoms with Crippen LogP contribution in [0, 0.1) is 0 Å². The number of carbonyl (C=O) groups excluding carboxylic acids is 2. The molecule has 1 amide bonds. The highest BCUT2D eigenvalue weighted by Gasteiger charge is 2.20. The molecule has 0 atom stereocenters. The van der Waals surface area contributed by atoms with E-state index in [0.717, 1.165) is 18.5 Å². The summed E-state index contributed by atoms with van der Waals surface area (Å²) >= 11 is 0. The van der Waals surface area contributed by atoms with Gasteiger partial charge in [-0.1, -0.05) is 0 Å². The summed E-state index contributed by atoms with van der Waals surface area (Å²) in [5.74, 6) is 0.444. The maximum absolute atomic E-state index is 12.2. The zero-order valence-electron chi connectivity index (χ0n) is 14.5. The first-order valence-electron chi connectivity index (χ1n) is 8.64. The van der Waals surface area contributed by atoms with Crippen LogP contribution in [-0.2, 0) is 16.1 Å². The molecular formula is C19H17N3O5. The van der Waals surface area contributed by atoms with E-state index in [1.807, 2.05) is 0 Å². The highest BCUT2D eigenvalue weighted by molar-refractivity contribution is 5.95. The molecule has 4 rings (SSSR count). The molecule has 0 radical (unpaired) electrons. The lowest BCUT2D eigenvalue weighted by atomic mass is 10.1. The van der Waals surface area contributed by atoms with Crippen molar-refractivity contribution in [3.05, 3.63) is 54.1 Å². The van der Waals surface area contributed by atoms with Crippen LogP contribution in [0.1, 0.15) is 35.5 Å². The quantitative estimate of drug-likeness (QED) is 0.639. The number of aromatic nitrogens is 2. The fraction of sp³-hybridized carbons (Fsp3) is 0.263. The van der Waals surface area contributed by atoms with E-state index in [4.69, 9.17) is 13.6 Å². The lowest BCUT2D eigenvalue weighted by molar-refractivity contribution is -0.119. The first-order valence-corrected chi connectivity index (χ1v) is 8.64. The molecule has 0 spiro atoms. The monoisotopic (exact) mass is 367 g/mol. The number of esters is 1. The van der Waals surface area contributed by atoms with E-state index in [9.17, 15) is 9.59 Å². The standard InChI is InChI=1S/C19H17N3O5/c23-17-5-1-2-10-22(17)14-8-6-13(7-9-14)19(24)26-12-16-20-21-18(27-16)15-4-3-11-25-15/h3-4,6-9,11H,1-2,5,10,12H2. The lowest BCUT2D eigenvalue weighted by Crippen LogP contribution is -2.35. The molecular weight excluding hydrogens is 350 g/mol. The van der Waals surface area contributed by atoms with Crippen LogP contribution in [0.4, 0.5) is 5.69 Å². The van der Waals surface area contributed by atoms with Gasteiger partial charge in [-0.2, -0.15) is 0 Å². The van der Waals surface area contributed by atoms with Gasteiger partial charge < -0.3 is 18.5 Å². The number of hydrogen-bond donors (Lipinski definition) is 0. The molecule has 1 aliphatic heterocycles. The Hall–Kier alpha value is -3.42. The Morgan fingerprint density at radius 2 is 2.00 bits per heavy atom. The summed E-state index contributed by atoms with van der Waals surface area (Å²) in [6.45, 7) is 0.566. The Morgan fingerprint density at radius 1 is 1.15 bits per heavy atom. The van der Waals surface area contributed by atoms with Gasteiger partial charge in [0.2, 0.25) is 5.91 Å². The van der Waals surface area contributed by atoms with Crippen molar-refractivity contribution < 1.29 is 23.2 Å². The van der Waals surface area contributed by atoms with Crippen molar-refractivity contribution >= 4 is 17.6 Å². The summed E-state index contributed by atoms with van der Waals surface area (Å²) in [5.41, 5.74) is 1.17. The van der Waals surface area contributed by atoms with Gasteiger partial charge in [-0.05, 0) is 49.2 Å². The van der Waals surface area contributed by atoms with Crippen LogP contribution in [0.3, 0.4) is 0 Å². The molecule has 1 aliphatic rings. The van der Waals surface area contributed by atoms with Gasteiger partial charge in [-0.25, -0.2) is 4.79 Å². The molecule has 27 heavy (non-hydrogen) atoms. The first kappa shape index (κ1) is 17.0. The topological polar surface area (TPSA) is 98.7 Å². The van der Waals surface area contributed by atoms with Gasteiger partial charge in [0, 0.05) is 18.7 Å². The van der Waals surface area contributed by atoms with Crippen LogP contribution in [0.5, 0.6) is 0 Å². The van der Waals surface area contributed by atoms with Gasteiger partial charge in [-0.3, -0.25) is 4.79 Å². The van der Waals surface area contributed by atoms with Crippen molar-refractivity contribution in [3.8, 4) is 11.7 Å². The number of furan rings is 1. The number of rotatable bonds is 5. The summed E-state index contributed by atoms with van der Waals surface area (Å²) in [6, 6.07) is 10.2. The summed E-state index contributed by atoms with van der Waals surface area (Å²) < 4.78 is 15.8. The lowest BCUT2D eigenvalue weighted by Gasteiger charge is -2.26. The maximum atomic E-state index is 12.2. The predicted molar refractivity (Wildman–Crippen MR) is 93.8 cm³/mol. The number of nitrogens with zero attached hydrogens (tertiary/aromatic N) is 3. The molecule has 0 unspecified atom stereocenters. The third-order valence-corrected chi connectivity index (χ3v) is 4.26. The van der Waals surface area contributed by atoms with Gasteiger partial charge in [0.15, 0.2) is 12.4 Å². The maximum Gasteiger partial charge on any atom is 0.338 e. The highest BCUT2D eigenvalue weighted by Crippen LogP contribution is 2.22. The third-order valence-electron chi connectivity index (χ3n) is 4.26. The second kappa shape index (κ2) is 7.45. The average molecular weight is 367 g/mol. The minimum atomic E-state index is -0.510. The van der Waals surface area contributed by atoms with Gasteiger partial charge in [0.25, 0.3) is 11.8 Å². The number of piperidine rings is 1. The summed E-state index contributed by atoms with van der Waals surface area (Å²) in [4.78, 5) is 25.9. The third kappa shape index (κ3) is 3.74. The minimum Gasteiger partial charge on any atom is -0.459 e. The fourth-order valence-electron chi connectivity index (χ4n) is 2.88. The molecule has 0 bridgehead atoms. The van der Waals surface area contributed by atoms with Crippen LogP contribution in [0.2, 0.25) is 0 Å². The average Bonchev–Trinajstić information content (AvgIpc) is 3.38. The molecule has 1 saturated heterocycles. The van der Waals surface area contributed by atoms with Gasteiger partial charge in [-0.15, -0.1) is 10.2 Å². The predicted octanol–water partition coefficient (Wildman–Crippen LogP) is 3.20. The zero-order valence-corrected chi connectivity index (χ0v) is 14.5. The molecule has 8 nitrogen and oxygen atoms in total. The van der Waals surface area contributed by atoms with Crippen LogP contribution in [0.15, 0.2) is 51.5 Å². The van der Waals surface area contributed by atoms with Crippen molar-refractivity contribution in [2.45, 2.75) is 25.9 Å². The molecule has 2 aromatic heterocycles. The number of ether oxygens (including phenoxy) is 1. The second-order valence-electron chi connectivity index (χ2n) is 6.10. The number of carbonyl (C=O) groups is 2. The van der Waals surface area contributed by atoms with E-state index in [2.05, 4.69) is 10.2 Å². The molecule has 3 heterocycles. The Kier molecular flexibility index (Phi) is 4.69. The van der Waals surface area contributed by atoms with E-state index in [0.29, 0.717) is 24.3 Å². The molecule has 8 heteroatoms. The highest BCUT2D eigenvalue weighted by atomic mass is 16.5. The van der Waals surface area contributed by atoms with Crippen LogP contribution in [0.25, 0.3) is 11.7 Å². The summed E-state index contributed by atoms with van der Waals surface area (Å²) in [5, 5.41) is 7.66. The number of anilines is 1. The molecule has 0 N–H and O–H groups in total. The summed E-state index contributed by atoms with van der Waals surface area (Å²) in [7, 11) is 0. The van der Waals surface area contributed by atoms with E-state index in [-0.39, 0.29) is 24.3 Å². The molecule has 1 aromatic carbocycles. The van der Waals surface area contributed by atoms with Crippen molar-refractivity contribution in [2.24, 2.45) is 0 Å². The Balaban J connectivity index is 1.36. The van der Waals surface area contributed by atoms with Crippen molar-refractivity contribution in [1.82, 2.24) is 10.2 Å². The number of hydrogen-bond acceptors (Lipinski definition) is 7. The largest absolute Gasteiger partial charge is 0.459 e. The normalized spacial score (nSPS) is 14.4. The summed E-state index contributed by atoms with van der Waals surface area (Å²) in [6.07, 6.45) is 3.98. The Morgan fingerprint density at radius 3 is 2.74 bits per heavy atom. The van der Waals surface area contributed by atoms with E-state index >= 15 is 0 Å². The minimum absolute atomic E-state index is 0.111. The van der Waals surface area contributed by atoms with Crippen molar-refractivity contribution in [2.75, 3.05) is 11.4 Å². The van der Waals surface area contributed by atoms with E-state index < -0.39 is 5.97 Å². The fourth-order valence-corrected chi connectivity index (χ4v) is 2.88. The Bertz CT molecular complexity index is 931. The molecule has 0 saturated carbocycles. The number of benzene rings is 1. The van der Waals surface area contributed by atoms with Crippen molar-refractivity contribution in [1.29, 1.82) is 0 Å². The van der Waals surface area contributed by atoms with Crippen LogP contribution >= 0.6 is 0 Å². The molecule has 1 fully saturated rings. The SMILES string of the molecule is O=C(OCc1nnc(-c2ccco2)o1)c1ccc(N2CCCCC2=O)cc1. The Labute approximate surface area is 154 Å². The zero-order chi connectivity index (χ0) is 18.6. The van der Waals surface area contributed by atoms with Crippen molar-refractivity contribution in [3.63, 3.8) is 0 Å². The van der Waals surface area contributed by atoms with Crippen LogP contribution in [-0.4, -0.2) is 28.6 Å². The number of amides is 1. The van der Waals surface area contributed by atoms with Crippen LogP contribution < -0.4 is 4.90 Å². The first-order chi connectivity index (χ1) is 13.2.